The molecule has 1 heterocycles. The summed E-state index contributed by atoms with van der Waals surface area (Å²) < 4.78 is 0. The summed E-state index contributed by atoms with van der Waals surface area (Å²) in [5.74, 6) is 0.360. The predicted octanol–water partition coefficient (Wildman–Crippen LogP) is 2.77. The summed E-state index contributed by atoms with van der Waals surface area (Å²) in [7, 11) is 0. The van der Waals surface area contributed by atoms with Crippen molar-refractivity contribution in [2.75, 3.05) is 13.1 Å². The summed E-state index contributed by atoms with van der Waals surface area (Å²) in [5.41, 5.74) is -0.738. The molecule has 0 bridgehead atoms. The number of carboxylic acids is 1. The molecule has 1 aliphatic carbocycles. The van der Waals surface area contributed by atoms with E-state index in [-0.39, 0.29) is 17.7 Å². The highest BCUT2D eigenvalue weighted by atomic mass is 16.4. The third-order valence-electron chi connectivity index (χ3n) is 5.51. The number of likely N-dealkylation sites (tertiary alicyclic amines) is 1. The number of carboxylic acid groups (broad SMARTS) is 1. The van der Waals surface area contributed by atoms with E-state index in [0.717, 1.165) is 31.6 Å². The molecule has 0 aromatic rings. The normalized spacial score (nSPS) is 34.5. The third-order valence-corrected chi connectivity index (χ3v) is 5.51. The van der Waals surface area contributed by atoms with Gasteiger partial charge in [-0.15, -0.1) is 0 Å². The topological polar surface area (TPSA) is 57.6 Å². The highest BCUT2D eigenvalue weighted by molar-refractivity contribution is 5.82. The fourth-order valence-corrected chi connectivity index (χ4v) is 3.68. The number of aliphatic carboxylic acids is 1. The van der Waals surface area contributed by atoms with Gasteiger partial charge in [0.1, 0.15) is 0 Å². The zero-order valence-electron chi connectivity index (χ0n) is 12.9. The minimum atomic E-state index is -0.750. The quantitative estimate of drug-likeness (QED) is 0.865. The number of hydrogen-bond donors (Lipinski definition) is 1. The van der Waals surface area contributed by atoms with Crippen LogP contribution in [0.25, 0.3) is 0 Å². The molecule has 0 aromatic heterocycles. The molecular weight excluding hydrogens is 254 g/mol. The van der Waals surface area contributed by atoms with E-state index in [1.165, 1.54) is 0 Å². The van der Waals surface area contributed by atoms with E-state index in [0.29, 0.717) is 19.5 Å². The Morgan fingerprint density at radius 1 is 1.20 bits per heavy atom. The Labute approximate surface area is 121 Å². The lowest BCUT2D eigenvalue weighted by molar-refractivity contribution is -0.151. The van der Waals surface area contributed by atoms with Gasteiger partial charge in [0.05, 0.1) is 5.41 Å². The maximum absolute atomic E-state index is 12.6. The van der Waals surface area contributed by atoms with Gasteiger partial charge in [0.15, 0.2) is 0 Å². The predicted molar refractivity (Wildman–Crippen MR) is 77.2 cm³/mol. The van der Waals surface area contributed by atoms with Gasteiger partial charge in [0.2, 0.25) is 5.91 Å². The van der Waals surface area contributed by atoms with Crippen molar-refractivity contribution in [1.82, 2.24) is 4.90 Å². The highest BCUT2D eigenvalue weighted by Gasteiger charge is 2.49. The largest absolute Gasteiger partial charge is 0.481 e. The Hall–Kier alpha value is -1.06. The molecule has 1 aliphatic heterocycles. The van der Waals surface area contributed by atoms with Crippen molar-refractivity contribution in [3.63, 3.8) is 0 Å². The van der Waals surface area contributed by atoms with Gasteiger partial charge in [0.25, 0.3) is 0 Å². The van der Waals surface area contributed by atoms with E-state index < -0.39 is 11.4 Å². The first-order valence-corrected chi connectivity index (χ1v) is 7.89. The average Bonchev–Trinajstić information content (AvgIpc) is 2.85. The zero-order valence-corrected chi connectivity index (χ0v) is 12.9. The Kier molecular flexibility index (Phi) is 4.40. The summed E-state index contributed by atoms with van der Waals surface area (Å²) in [4.78, 5) is 26.0. The maximum atomic E-state index is 12.6. The molecule has 1 amide bonds. The van der Waals surface area contributed by atoms with Gasteiger partial charge >= 0.3 is 5.97 Å². The second-order valence-electron chi connectivity index (χ2n) is 7.08. The van der Waals surface area contributed by atoms with Crippen LogP contribution in [0.5, 0.6) is 0 Å². The lowest BCUT2D eigenvalue weighted by Crippen LogP contribution is -2.42. The van der Waals surface area contributed by atoms with Crippen molar-refractivity contribution >= 4 is 11.9 Å². The number of carbonyl (C=O) groups excluding carboxylic acids is 1. The van der Waals surface area contributed by atoms with Crippen LogP contribution < -0.4 is 0 Å². The summed E-state index contributed by atoms with van der Waals surface area (Å²) in [6, 6.07) is 0. The second-order valence-corrected chi connectivity index (χ2v) is 7.08. The Morgan fingerprint density at radius 2 is 1.80 bits per heavy atom. The van der Waals surface area contributed by atoms with Crippen LogP contribution in [0, 0.1) is 23.2 Å². The molecule has 1 atom stereocenters. The van der Waals surface area contributed by atoms with Crippen LogP contribution in [0.3, 0.4) is 0 Å². The molecule has 20 heavy (non-hydrogen) atoms. The summed E-state index contributed by atoms with van der Waals surface area (Å²) in [5, 5.41) is 9.54. The zero-order chi connectivity index (χ0) is 14.9. The molecular formula is C16H27NO3. The van der Waals surface area contributed by atoms with Crippen LogP contribution in [0.15, 0.2) is 0 Å². The number of amides is 1. The van der Waals surface area contributed by atoms with E-state index in [1.54, 1.807) is 0 Å². The number of nitrogens with zero attached hydrogens (tertiary/aromatic N) is 1. The summed E-state index contributed by atoms with van der Waals surface area (Å²) in [6.07, 6.45) is 4.78. The van der Waals surface area contributed by atoms with Crippen LogP contribution in [-0.2, 0) is 9.59 Å². The fourth-order valence-electron chi connectivity index (χ4n) is 3.68. The van der Waals surface area contributed by atoms with Crippen LogP contribution in [0.1, 0.15) is 52.9 Å². The molecule has 0 radical (unpaired) electrons. The lowest BCUT2D eigenvalue weighted by atomic mass is 9.76. The highest BCUT2D eigenvalue weighted by Crippen LogP contribution is 2.40. The Balaban J connectivity index is 2.01. The lowest BCUT2D eigenvalue weighted by Gasteiger charge is -2.31. The van der Waals surface area contributed by atoms with E-state index in [1.807, 2.05) is 18.7 Å². The van der Waals surface area contributed by atoms with Crippen molar-refractivity contribution in [2.24, 2.45) is 23.2 Å². The van der Waals surface area contributed by atoms with Gasteiger partial charge in [-0.05, 0) is 43.9 Å². The number of hydrogen-bond acceptors (Lipinski definition) is 2. The van der Waals surface area contributed by atoms with Gasteiger partial charge in [-0.3, -0.25) is 9.59 Å². The molecule has 114 valence electrons. The first-order valence-electron chi connectivity index (χ1n) is 7.89. The van der Waals surface area contributed by atoms with Gasteiger partial charge < -0.3 is 10.0 Å². The number of rotatable bonds is 3. The Morgan fingerprint density at radius 3 is 2.25 bits per heavy atom. The van der Waals surface area contributed by atoms with Crippen molar-refractivity contribution in [3.8, 4) is 0 Å². The summed E-state index contributed by atoms with van der Waals surface area (Å²) >= 11 is 0. The molecule has 4 heteroatoms. The molecule has 2 aliphatic rings. The maximum Gasteiger partial charge on any atom is 0.311 e. The molecule has 2 rings (SSSR count). The average molecular weight is 281 g/mol. The van der Waals surface area contributed by atoms with Crippen LogP contribution in [-0.4, -0.2) is 35.0 Å². The van der Waals surface area contributed by atoms with Gasteiger partial charge in [-0.2, -0.15) is 0 Å². The SMILES string of the molecule is CC1CCC(C(=O)N2CCC(C(=O)O)(C(C)C)C2)CC1. The molecule has 1 saturated carbocycles. The molecule has 1 saturated heterocycles. The minimum absolute atomic E-state index is 0.0594. The van der Waals surface area contributed by atoms with E-state index in [9.17, 15) is 14.7 Å². The van der Waals surface area contributed by atoms with Crippen molar-refractivity contribution in [3.05, 3.63) is 0 Å². The van der Waals surface area contributed by atoms with E-state index in [2.05, 4.69) is 6.92 Å². The molecule has 0 spiro atoms. The minimum Gasteiger partial charge on any atom is -0.481 e. The molecule has 2 fully saturated rings. The Bertz CT molecular complexity index is 385. The van der Waals surface area contributed by atoms with Crippen molar-refractivity contribution < 1.29 is 14.7 Å². The van der Waals surface area contributed by atoms with Crippen LogP contribution >= 0.6 is 0 Å². The second kappa shape index (κ2) is 5.74. The van der Waals surface area contributed by atoms with Crippen molar-refractivity contribution in [2.45, 2.75) is 52.9 Å². The summed E-state index contributed by atoms with van der Waals surface area (Å²) in [6.45, 7) is 7.14. The van der Waals surface area contributed by atoms with E-state index >= 15 is 0 Å². The first-order chi connectivity index (χ1) is 9.36. The molecule has 4 nitrogen and oxygen atoms in total. The monoisotopic (exact) mass is 281 g/mol. The fraction of sp³-hybridized carbons (Fsp3) is 0.875. The smallest absolute Gasteiger partial charge is 0.311 e. The first kappa shape index (κ1) is 15.3. The van der Waals surface area contributed by atoms with Crippen LogP contribution in [0.4, 0.5) is 0 Å². The van der Waals surface area contributed by atoms with Gasteiger partial charge in [0, 0.05) is 19.0 Å². The molecule has 1 unspecified atom stereocenters. The van der Waals surface area contributed by atoms with Gasteiger partial charge in [-0.25, -0.2) is 0 Å². The van der Waals surface area contributed by atoms with Gasteiger partial charge in [-0.1, -0.05) is 20.8 Å². The third kappa shape index (κ3) is 2.70. The molecule has 1 N–H and O–H groups in total. The number of carbonyl (C=O) groups is 2. The van der Waals surface area contributed by atoms with Crippen LogP contribution in [0.2, 0.25) is 0 Å². The van der Waals surface area contributed by atoms with Crippen molar-refractivity contribution in [1.29, 1.82) is 0 Å². The standard InChI is InChI=1S/C16H27NO3/c1-11(2)16(15(19)20)8-9-17(10-16)14(18)13-6-4-12(3)5-7-13/h11-13H,4-10H2,1-3H3,(H,19,20). The molecule has 0 aromatic carbocycles. The van der Waals surface area contributed by atoms with E-state index in [4.69, 9.17) is 0 Å².